The van der Waals surface area contributed by atoms with Crippen LogP contribution < -0.4 is 4.90 Å². The number of thioether (sulfide) groups is 1. The number of rotatable bonds is 4. The zero-order valence-corrected chi connectivity index (χ0v) is 17.3. The number of fused-ring (bicyclic) bond motifs is 1. The Morgan fingerprint density at radius 3 is 2.65 bits per heavy atom. The Morgan fingerprint density at radius 1 is 1.12 bits per heavy atom. The average Bonchev–Trinajstić information content (AvgIpc) is 3.10. The molecule has 3 aromatic rings. The van der Waals surface area contributed by atoms with Gasteiger partial charge in [0.1, 0.15) is 0 Å². The van der Waals surface area contributed by atoms with Gasteiger partial charge in [0.2, 0.25) is 5.91 Å². The Morgan fingerprint density at radius 2 is 1.88 bits per heavy atom. The number of carbonyl (C=O) groups excluding carboxylic acids is 1. The molecule has 0 atom stereocenters. The number of thiazole rings is 1. The molecule has 2 heterocycles. The van der Waals surface area contributed by atoms with Crippen molar-refractivity contribution in [1.82, 2.24) is 9.88 Å². The van der Waals surface area contributed by atoms with Gasteiger partial charge in [0.15, 0.2) is 5.13 Å². The fourth-order valence-electron chi connectivity index (χ4n) is 2.92. The van der Waals surface area contributed by atoms with Gasteiger partial charge in [-0.3, -0.25) is 4.79 Å². The standard InChI is InChI=1S/C19H18BrN3OS2/c20-14-6-7-16-17(12-14)26-19(21-16)23-10-8-22(9-11-23)18(24)13-25-15-4-2-1-3-5-15/h1-7,12H,8-11,13H2. The molecule has 7 heteroatoms. The molecule has 1 amide bonds. The number of aromatic nitrogens is 1. The molecule has 0 radical (unpaired) electrons. The summed E-state index contributed by atoms with van der Waals surface area (Å²) in [5, 5.41) is 1.05. The van der Waals surface area contributed by atoms with Gasteiger partial charge < -0.3 is 9.80 Å². The molecule has 1 aliphatic rings. The molecule has 134 valence electrons. The number of nitrogens with zero attached hydrogens (tertiary/aromatic N) is 3. The zero-order chi connectivity index (χ0) is 17.9. The Hall–Kier alpha value is -1.57. The predicted octanol–water partition coefficient (Wildman–Crippen LogP) is 4.50. The second kappa shape index (κ2) is 7.98. The van der Waals surface area contributed by atoms with Gasteiger partial charge >= 0.3 is 0 Å². The van der Waals surface area contributed by atoms with Gasteiger partial charge in [-0.05, 0) is 30.3 Å². The molecular weight excluding hydrogens is 430 g/mol. The quantitative estimate of drug-likeness (QED) is 0.551. The maximum absolute atomic E-state index is 12.5. The molecule has 1 fully saturated rings. The van der Waals surface area contributed by atoms with Crippen molar-refractivity contribution in [3.63, 3.8) is 0 Å². The highest BCUT2D eigenvalue weighted by Crippen LogP contribution is 2.31. The van der Waals surface area contributed by atoms with E-state index in [-0.39, 0.29) is 5.91 Å². The van der Waals surface area contributed by atoms with Crippen molar-refractivity contribution in [2.24, 2.45) is 0 Å². The van der Waals surface area contributed by atoms with Crippen LogP contribution >= 0.6 is 39.0 Å². The third-order valence-corrected chi connectivity index (χ3v) is 6.92. The number of hydrogen-bond donors (Lipinski definition) is 0. The lowest BCUT2D eigenvalue weighted by Crippen LogP contribution is -2.49. The topological polar surface area (TPSA) is 36.4 Å². The van der Waals surface area contributed by atoms with Gasteiger partial charge in [-0.15, -0.1) is 11.8 Å². The van der Waals surface area contributed by atoms with Crippen LogP contribution in [0.15, 0.2) is 57.9 Å². The summed E-state index contributed by atoms with van der Waals surface area (Å²) in [7, 11) is 0. The number of piperazine rings is 1. The van der Waals surface area contributed by atoms with E-state index >= 15 is 0 Å². The van der Waals surface area contributed by atoms with Crippen LogP contribution in [0.1, 0.15) is 0 Å². The minimum atomic E-state index is 0.215. The summed E-state index contributed by atoms with van der Waals surface area (Å²) in [5.74, 6) is 0.714. The molecule has 0 spiro atoms. The first kappa shape index (κ1) is 17.8. The van der Waals surface area contributed by atoms with Crippen molar-refractivity contribution in [1.29, 1.82) is 0 Å². The van der Waals surface area contributed by atoms with Gasteiger partial charge in [-0.1, -0.05) is 45.5 Å². The second-order valence-electron chi connectivity index (χ2n) is 6.08. The molecular formula is C19H18BrN3OS2. The molecule has 1 saturated heterocycles. The van der Waals surface area contributed by atoms with Crippen molar-refractivity contribution in [3.8, 4) is 0 Å². The largest absolute Gasteiger partial charge is 0.345 e. The average molecular weight is 448 g/mol. The molecule has 2 aromatic carbocycles. The van der Waals surface area contributed by atoms with Crippen LogP contribution in [-0.2, 0) is 4.79 Å². The summed E-state index contributed by atoms with van der Waals surface area (Å²) in [5.41, 5.74) is 1.03. The first-order valence-corrected chi connectivity index (χ1v) is 11.1. The molecule has 0 N–H and O–H groups in total. The summed E-state index contributed by atoms with van der Waals surface area (Å²) < 4.78 is 2.26. The smallest absolute Gasteiger partial charge is 0.233 e. The van der Waals surface area contributed by atoms with Crippen molar-refractivity contribution in [3.05, 3.63) is 53.0 Å². The Kier molecular flexibility index (Phi) is 5.47. The number of amides is 1. The van der Waals surface area contributed by atoms with Crippen molar-refractivity contribution < 1.29 is 4.79 Å². The minimum Gasteiger partial charge on any atom is -0.345 e. The third-order valence-electron chi connectivity index (χ3n) is 4.35. The van der Waals surface area contributed by atoms with Crippen molar-refractivity contribution in [2.75, 3.05) is 36.8 Å². The van der Waals surface area contributed by atoms with Crippen LogP contribution in [-0.4, -0.2) is 47.7 Å². The lowest BCUT2D eigenvalue weighted by molar-refractivity contribution is -0.128. The highest BCUT2D eigenvalue weighted by Gasteiger charge is 2.23. The van der Waals surface area contributed by atoms with E-state index in [2.05, 4.69) is 26.9 Å². The SMILES string of the molecule is O=C(CSc1ccccc1)N1CCN(c2nc3ccc(Br)cc3s2)CC1. The van der Waals surface area contributed by atoms with Crippen LogP contribution in [0.5, 0.6) is 0 Å². The number of hydrogen-bond acceptors (Lipinski definition) is 5. The van der Waals surface area contributed by atoms with Gasteiger partial charge in [0.25, 0.3) is 0 Å². The minimum absolute atomic E-state index is 0.215. The fourth-order valence-corrected chi connectivity index (χ4v) is 5.31. The Bertz CT molecular complexity index is 908. The number of anilines is 1. The molecule has 1 aromatic heterocycles. The summed E-state index contributed by atoms with van der Waals surface area (Å²) in [4.78, 5) is 22.6. The maximum atomic E-state index is 12.5. The molecule has 1 aliphatic heterocycles. The molecule has 4 rings (SSSR count). The molecule has 4 nitrogen and oxygen atoms in total. The molecule has 0 unspecified atom stereocenters. The summed E-state index contributed by atoms with van der Waals surface area (Å²) in [6.07, 6.45) is 0. The highest BCUT2D eigenvalue weighted by molar-refractivity contribution is 9.10. The summed E-state index contributed by atoms with van der Waals surface area (Å²) in [6.45, 7) is 3.19. The third kappa shape index (κ3) is 4.05. The van der Waals surface area contributed by atoms with E-state index in [9.17, 15) is 4.79 Å². The first-order chi connectivity index (χ1) is 12.7. The summed E-state index contributed by atoms with van der Waals surface area (Å²) >= 11 is 6.83. The van der Waals surface area contributed by atoms with Gasteiger partial charge in [0, 0.05) is 35.5 Å². The van der Waals surface area contributed by atoms with Gasteiger partial charge in [-0.25, -0.2) is 4.98 Å². The number of benzene rings is 2. The van der Waals surface area contributed by atoms with E-state index in [1.54, 1.807) is 23.1 Å². The van der Waals surface area contributed by atoms with E-state index in [4.69, 9.17) is 4.98 Å². The zero-order valence-electron chi connectivity index (χ0n) is 14.1. The van der Waals surface area contributed by atoms with Crippen molar-refractivity contribution >= 4 is 60.3 Å². The summed E-state index contributed by atoms with van der Waals surface area (Å²) in [6, 6.07) is 16.3. The molecule has 0 bridgehead atoms. The second-order valence-corrected chi connectivity index (χ2v) is 9.05. The van der Waals surface area contributed by atoms with Gasteiger partial charge in [0.05, 0.1) is 16.0 Å². The lowest BCUT2D eigenvalue weighted by Gasteiger charge is -2.34. The molecule has 0 saturated carbocycles. The monoisotopic (exact) mass is 447 g/mol. The predicted molar refractivity (Wildman–Crippen MR) is 113 cm³/mol. The fraction of sp³-hybridized carbons (Fsp3) is 0.263. The maximum Gasteiger partial charge on any atom is 0.233 e. The normalized spacial score (nSPS) is 14.8. The lowest BCUT2D eigenvalue weighted by atomic mass is 10.3. The number of halogens is 1. The van der Waals surface area contributed by atoms with E-state index in [1.807, 2.05) is 47.4 Å². The first-order valence-electron chi connectivity index (χ1n) is 8.46. The number of carbonyl (C=O) groups is 1. The highest BCUT2D eigenvalue weighted by atomic mass is 79.9. The van der Waals surface area contributed by atoms with Crippen LogP contribution in [0.2, 0.25) is 0 Å². The Balaban J connectivity index is 1.33. The Labute approximate surface area is 169 Å². The van der Waals surface area contributed by atoms with Crippen LogP contribution in [0.25, 0.3) is 10.2 Å². The van der Waals surface area contributed by atoms with E-state index < -0.39 is 0 Å². The van der Waals surface area contributed by atoms with Crippen LogP contribution in [0, 0.1) is 0 Å². The van der Waals surface area contributed by atoms with E-state index in [1.165, 1.54) is 4.70 Å². The molecule has 0 aliphatic carbocycles. The van der Waals surface area contributed by atoms with Crippen molar-refractivity contribution in [2.45, 2.75) is 4.90 Å². The van der Waals surface area contributed by atoms with Crippen LogP contribution in [0.3, 0.4) is 0 Å². The van der Waals surface area contributed by atoms with E-state index in [0.717, 1.165) is 46.2 Å². The van der Waals surface area contributed by atoms with Crippen LogP contribution in [0.4, 0.5) is 5.13 Å². The van der Waals surface area contributed by atoms with E-state index in [0.29, 0.717) is 5.75 Å². The van der Waals surface area contributed by atoms with Gasteiger partial charge in [-0.2, -0.15) is 0 Å². The molecule has 26 heavy (non-hydrogen) atoms.